The van der Waals surface area contributed by atoms with E-state index in [1.165, 1.54) is 12.1 Å². The monoisotopic (exact) mass is 502 g/mol. The van der Waals surface area contributed by atoms with Crippen LogP contribution in [0.2, 0.25) is 0 Å². The molecule has 1 nitrogen and oxygen atoms in total. The number of rotatable bonds is 5. The van der Waals surface area contributed by atoms with Crippen molar-refractivity contribution in [3.8, 4) is 0 Å². The van der Waals surface area contributed by atoms with Crippen LogP contribution in [0.5, 0.6) is 0 Å². The van der Waals surface area contributed by atoms with Gasteiger partial charge in [-0.2, -0.15) is 26.3 Å². The Balaban J connectivity index is 2.02. The Labute approximate surface area is 199 Å². The summed E-state index contributed by atoms with van der Waals surface area (Å²) in [5.41, 5.74) is -6.26. The maximum atomic E-state index is 13.5. The first-order valence-electron chi connectivity index (χ1n) is 10.7. The third kappa shape index (κ3) is 4.06. The Kier molecular flexibility index (Phi) is 6.37. The van der Waals surface area contributed by atoms with Crippen LogP contribution in [0.15, 0.2) is 115 Å². The molecule has 0 aromatic heterocycles. The van der Waals surface area contributed by atoms with Crippen molar-refractivity contribution in [2.24, 2.45) is 0 Å². The second-order valence-corrected chi connectivity index (χ2v) is 11.9. The van der Waals surface area contributed by atoms with Crippen LogP contribution in [0.3, 0.4) is 0 Å². The van der Waals surface area contributed by atoms with Crippen molar-refractivity contribution < 1.29 is 31.4 Å². The van der Waals surface area contributed by atoms with Gasteiger partial charge in [0.25, 0.3) is 5.60 Å². The van der Waals surface area contributed by atoms with E-state index in [0.717, 1.165) is 27.7 Å². The molecule has 0 heterocycles. The third-order valence-corrected chi connectivity index (χ3v) is 11.0. The number of aliphatic hydroxyl groups is 1. The van der Waals surface area contributed by atoms with Crippen LogP contribution < -0.4 is 20.7 Å². The van der Waals surface area contributed by atoms with Gasteiger partial charge in [-0.15, -0.1) is 0 Å². The molecule has 180 valence electrons. The molecule has 0 saturated carbocycles. The molecule has 0 unspecified atom stereocenters. The predicted molar refractivity (Wildman–Crippen MR) is 126 cm³/mol. The van der Waals surface area contributed by atoms with Gasteiger partial charge < -0.3 is 5.11 Å². The van der Waals surface area contributed by atoms with Gasteiger partial charge in [0.15, 0.2) is 8.07 Å². The molecule has 0 radical (unpaired) electrons. The van der Waals surface area contributed by atoms with Crippen molar-refractivity contribution in [2.75, 3.05) is 0 Å². The molecule has 4 rings (SSSR count). The minimum absolute atomic E-state index is 0.580. The highest BCUT2D eigenvalue weighted by atomic mass is 28.3. The molecule has 0 spiro atoms. The molecular weight excluding hydrogens is 482 g/mol. The summed E-state index contributed by atoms with van der Waals surface area (Å²) in [5, 5.41) is 13.2. The second-order valence-electron chi connectivity index (χ2n) is 8.13. The van der Waals surface area contributed by atoms with Gasteiger partial charge in [-0.3, -0.25) is 0 Å². The van der Waals surface area contributed by atoms with Gasteiger partial charge in [0.05, 0.1) is 0 Å². The van der Waals surface area contributed by atoms with E-state index in [4.69, 9.17) is 0 Å². The van der Waals surface area contributed by atoms with E-state index >= 15 is 0 Å². The number of hydrogen-bond acceptors (Lipinski definition) is 1. The Hall–Kier alpha value is -3.36. The lowest BCUT2D eigenvalue weighted by Crippen LogP contribution is -2.74. The minimum Gasteiger partial charge on any atom is -0.369 e. The van der Waals surface area contributed by atoms with Crippen LogP contribution in [0.4, 0.5) is 26.3 Å². The van der Waals surface area contributed by atoms with Crippen molar-refractivity contribution in [1.29, 1.82) is 0 Å². The summed E-state index contributed by atoms with van der Waals surface area (Å²) in [6.07, 6.45) is -11.9. The topological polar surface area (TPSA) is 20.2 Å². The zero-order valence-electron chi connectivity index (χ0n) is 18.2. The minimum atomic E-state index is -5.94. The fourth-order valence-electron chi connectivity index (χ4n) is 4.51. The van der Waals surface area contributed by atoms with Gasteiger partial charge in [0, 0.05) is 5.56 Å². The number of alkyl halides is 6. The van der Waals surface area contributed by atoms with Crippen LogP contribution in [0, 0.1) is 0 Å². The normalized spacial score (nSPS) is 13.0. The van der Waals surface area contributed by atoms with E-state index in [9.17, 15) is 31.4 Å². The van der Waals surface area contributed by atoms with Gasteiger partial charge in [-0.1, -0.05) is 115 Å². The van der Waals surface area contributed by atoms with Gasteiger partial charge in [0.1, 0.15) is 0 Å². The summed E-state index contributed by atoms with van der Waals surface area (Å²) in [4.78, 5) is 0. The third-order valence-electron chi connectivity index (χ3n) is 6.18. The first kappa shape index (κ1) is 24.8. The van der Waals surface area contributed by atoms with Crippen LogP contribution >= 0.6 is 0 Å². The van der Waals surface area contributed by atoms with Crippen LogP contribution in [-0.4, -0.2) is 25.5 Å². The largest absolute Gasteiger partial charge is 0.430 e. The first-order chi connectivity index (χ1) is 16.5. The molecule has 0 aliphatic carbocycles. The summed E-state index contributed by atoms with van der Waals surface area (Å²) < 4.78 is 80.7. The molecule has 8 heteroatoms. The molecule has 0 aliphatic rings. The summed E-state index contributed by atoms with van der Waals surface area (Å²) in [7, 11) is -3.12. The second kappa shape index (κ2) is 9.01. The maximum Gasteiger partial charge on any atom is 0.430 e. The fraction of sp³-hybridized carbons (Fsp3) is 0.111. The number of hydrogen-bond donors (Lipinski definition) is 1. The zero-order valence-corrected chi connectivity index (χ0v) is 19.2. The predicted octanol–water partition coefficient (Wildman–Crippen LogP) is 4.38. The molecule has 0 aliphatic heterocycles. The van der Waals surface area contributed by atoms with E-state index in [-0.39, 0.29) is 0 Å². The summed E-state index contributed by atoms with van der Waals surface area (Å²) in [6, 6.07) is 32.1. The average Bonchev–Trinajstić information content (AvgIpc) is 2.85. The number of benzene rings is 4. The first-order valence-corrected chi connectivity index (χ1v) is 12.7. The highest BCUT2D eigenvalue weighted by Crippen LogP contribution is 2.49. The van der Waals surface area contributed by atoms with Gasteiger partial charge in [-0.05, 0) is 20.7 Å². The highest BCUT2D eigenvalue weighted by Gasteiger charge is 2.71. The van der Waals surface area contributed by atoms with Crippen LogP contribution in [-0.2, 0) is 5.60 Å². The fourth-order valence-corrected chi connectivity index (χ4v) is 9.26. The van der Waals surface area contributed by atoms with Crippen LogP contribution in [0.25, 0.3) is 0 Å². The lowest BCUT2D eigenvalue weighted by Gasteiger charge is -2.36. The maximum absolute atomic E-state index is 13.5. The highest BCUT2D eigenvalue weighted by molar-refractivity contribution is 7.19. The van der Waals surface area contributed by atoms with E-state index in [2.05, 4.69) is 0 Å². The zero-order chi connectivity index (χ0) is 25.3. The van der Waals surface area contributed by atoms with Crippen molar-refractivity contribution in [3.05, 3.63) is 121 Å². The summed E-state index contributed by atoms with van der Waals surface area (Å²) >= 11 is 0. The molecule has 0 atom stereocenters. The van der Waals surface area contributed by atoms with E-state index in [1.54, 1.807) is 0 Å². The molecule has 4 aromatic rings. The smallest absolute Gasteiger partial charge is 0.369 e. The number of halogens is 6. The van der Waals surface area contributed by atoms with E-state index in [0.29, 0.717) is 5.19 Å². The lowest BCUT2D eigenvalue weighted by atomic mass is 9.92. The molecule has 0 amide bonds. The van der Waals surface area contributed by atoms with Gasteiger partial charge >= 0.3 is 12.4 Å². The molecule has 0 saturated heterocycles. The Bertz CT molecular complexity index is 1140. The Morgan fingerprint density at radius 3 is 1.00 bits per heavy atom. The average molecular weight is 503 g/mol. The van der Waals surface area contributed by atoms with Crippen molar-refractivity contribution in [2.45, 2.75) is 18.0 Å². The molecule has 0 fully saturated rings. The molecule has 1 N–H and O–H groups in total. The van der Waals surface area contributed by atoms with Crippen LogP contribution in [0.1, 0.15) is 5.56 Å². The quantitative estimate of drug-likeness (QED) is 0.244. The molecule has 0 bridgehead atoms. The summed E-state index contributed by atoms with van der Waals surface area (Å²) in [6.45, 7) is 0. The molecular formula is C27H20F6OSi. The van der Waals surface area contributed by atoms with Crippen molar-refractivity contribution in [3.63, 3.8) is 0 Å². The van der Waals surface area contributed by atoms with Crippen molar-refractivity contribution >= 4 is 28.8 Å². The van der Waals surface area contributed by atoms with E-state index in [1.807, 2.05) is 91.0 Å². The SMILES string of the molecule is OC(c1ccc([Si](c2ccccc2)(c2ccccc2)c2ccccc2)cc1)(C(F)(F)F)C(F)(F)F. The standard InChI is InChI=1S/C27H20F6OSi/c28-26(29,30)25(34,27(31,32)33)20-16-18-24(19-17-20)35(21-10-4-1-5-11-21,22-12-6-2-7-13-22)23-14-8-3-9-15-23/h1-19,34H. The lowest BCUT2D eigenvalue weighted by molar-refractivity contribution is -0.376. The Morgan fingerprint density at radius 1 is 0.429 bits per heavy atom. The van der Waals surface area contributed by atoms with Gasteiger partial charge in [0.2, 0.25) is 0 Å². The Morgan fingerprint density at radius 2 is 0.714 bits per heavy atom. The van der Waals surface area contributed by atoms with Gasteiger partial charge in [-0.25, -0.2) is 0 Å². The van der Waals surface area contributed by atoms with E-state index < -0.39 is 31.6 Å². The molecule has 35 heavy (non-hydrogen) atoms. The van der Waals surface area contributed by atoms with Crippen molar-refractivity contribution in [1.82, 2.24) is 0 Å². The molecule has 4 aromatic carbocycles. The summed E-state index contributed by atoms with van der Waals surface area (Å²) in [5.74, 6) is 0.